The fourth-order valence-corrected chi connectivity index (χ4v) is 0.976. The lowest BCUT2D eigenvalue weighted by molar-refractivity contribution is 1.03. The maximum Gasteiger partial charge on any atom is 0.0840 e. The van der Waals surface area contributed by atoms with Crippen LogP contribution in [0, 0.1) is 0 Å². The van der Waals surface area contributed by atoms with E-state index in [9.17, 15) is 0 Å². The predicted octanol–water partition coefficient (Wildman–Crippen LogP) is 1.54. The molecular formula is C8H10N2. The fraction of sp³-hybridized carbons (Fsp3) is 0.375. The molecule has 1 heterocycles. The van der Waals surface area contributed by atoms with Gasteiger partial charge in [-0.15, -0.1) is 0 Å². The maximum atomic E-state index is 7.47. The molecule has 1 aliphatic rings. The number of nitrogens with zero attached hydrogens (tertiary/aromatic N) is 1. The van der Waals surface area contributed by atoms with Crippen LogP contribution in [0.5, 0.6) is 0 Å². The van der Waals surface area contributed by atoms with Gasteiger partial charge in [-0.2, -0.15) is 0 Å². The molecule has 1 aromatic rings. The van der Waals surface area contributed by atoms with Gasteiger partial charge in [0.25, 0.3) is 0 Å². The predicted molar refractivity (Wildman–Crippen MR) is 40.6 cm³/mol. The first-order valence-electron chi connectivity index (χ1n) is 4.84. The van der Waals surface area contributed by atoms with Gasteiger partial charge < -0.3 is 5.73 Å². The second kappa shape index (κ2) is 1.97. The van der Waals surface area contributed by atoms with Crippen LogP contribution in [0.15, 0.2) is 18.3 Å². The minimum absolute atomic E-state index is 0.0538. The summed E-state index contributed by atoms with van der Waals surface area (Å²) in [5.74, 6) is 0.328. The Bertz CT molecular complexity index is 361. The van der Waals surface area contributed by atoms with Crippen molar-refractivity contribution in [3.63, 3.8) is 0 Å². The third-order valence-corrected chi connectivity index (χ3v) is 1.67. The number of anilines is 1. The highest BCUT2D eigenvalue weighted by atomic mass is 14.7. The molecule has 0 unspecified atom stereocenters. The van der Waals surface area contributed by atoms with E-state index in [0.717, 1.165) is 12.8 Å². The molecule has 2 nitrogen and oxygen atoms in total. The van der Waals surface area contributed by atoms with E-state index in [1.807, 2.05) is 0 Å². The first-order valence-corrected chi connectivity index (χ1v) is 3.34. The molecule has 1 saturated carbocycles. The molecule has 0 spiro atoms. The van der Waals surface area contributed by atoms with Gasteiger partial charge in [0.2, 0.25) is 0 Å². The standard InChI is InChI=1S/C8H10N2/c9-7-2-1-5-10-8(7)6-3-4-6/h1-2,5-6H,3-4,9H2/i1D,2D,5D. The van der Waals surface area contributed by atoms with Gasteiger partial charge in [-0.25, -0.2) is 0 Å². The highest BCUT2D eigenvalue weighted by Gasteiger charge is 2.26. The molecule has 1 aromatic heterocycles. The highest BCUT2D eigenvalue weighted by Crippen LogP contribution is 2.40. The van der Waals surface area contributed by atoms with E-state index in [4.69, 9.17) is 9.85 Å². The Kier molecular flexibility index (Phi) is 0.666. The van der Waals surface area contributed by atoms with E-state index in [-0.39, 0.29) is 23.9 Å². The molecule has 0 atom stereocenters. The molecule has 0 bridgehead atoms. The molecule has 0 amide bonds. The summed E-state index contributed by atoms with van der Waals surface area (Å²) in [6.07, 6.45) is 1.93. The number of pyridine rings is 1. The van der Waals surface area contributed by atoms with Crippen LogP contribution in [0.1, 0.15) is 28.6 Å². The van der Waals surface area contributed by atoms with Crippen molar-refractivity contribution < 1.29 is 4.11 Å². The third-order valence-electron chi connectivity index (χ3n) is 1.67. The van der Waals surface area contributed by atoms with Crippen LogP contribution in [0.4, 0.5) is 5.69 Å². The van der Waals surface area contributed by atoms with Crippen LogP contribution in [0.3, 0.4) is 0 Å². The lowest BCUT2D eigenvalue weighted by Crippen LogP contribution is -1.94. The van der Waals surface area contributed by atoms with Crippen LogP contribution in [-0.2, 0) is 0 Å². The molecule has 1 aliphatic carbocycles. The minimum atomic E-state index is -0.179. The summed E-state index contributed by atoms with van der Waals surface area (Å²) in [7, 11) is 0. The molecule has 0 radical (unpaired) electrons. The molecule has 10 heavy (non-hydrogen) atoms. The Balaban J connectivity index is 2.58. The molecule has 52 valence electrons. The topological polar surface area (TPSA) is 38.9 Å². The van der Waals surface area contributed by atoms with Crippen LogP contribution >= 0.6 is 0 Å². The van der Waals surface area contributed by atoms with Gasteiger partial charge in [0.1, 0.15) is 0 Å². The first kappa shape index (κ1) is 3.37. The second-order valence-corrected chi connectivity index (χ2v) is 2.55. The van der Waals surface area contributed by atoms with Crippen molar-refractivity contribution in [1.29, 1.82) is 0 Å². The smallest absolute Gasteiger partial charge is 0.0840 e. The van der Waals surface area contributed by atoms with Gasteiger partial charge in [-0.1, -0.05) is 0 Å². The van der Waals surface area contributed by atoms with Gasteiger partial charge in [0, 0.05) is 12.1 Å². The summed E-state index contributed by atoms with van der Waals surface area (Å²) in [6.45, 7) is 0. The van der Waals surface area contributed by atoms with Gasteiger partial charge >= 0.3 is 0 Å². The van der Waals surface area contributed by atoms with Crippen LogP contribution in [0.2, 0.25) is 0 Å². The molecule has 0 saturated heterocycles. The van der Waals surface area contributed by atoms with E-state index in [0.29, 0.717) is 11.6 Å². The van der Waals surface area contributed by atoms with Crippen molar-refractivity contribution in [2.45, 2.75) is 18.8 Å². The summed E-state index contributed by atoms with van der Waals surface area (Å²) >= 11 is 0. The molecule has 2 N–H and O–H groups in total. The zero-order valence-electron chi connectivity index (χ0n) is 8.52. The second-order valence-electron chi connectivity index (χ2n) is 2.55. The Morgan fingerprint density at radius 2 is 2.50 bits per heavy atom. The quantitative estimate of drug-likeness (QED) is 0.637. The van der Waals surface area contributed by atoms with Gasteiger partial charge in [0.15, 0.2) is 0 Å². The summed E-state index contributed by atoms with van der Waals surface area (Å²) in [4.78, 5) is 3.93. The molecule has 2 heteroatoms. The van der Waals surface area contributed by atoms with Crippen LogP contribution in [0.25, 0.3) is 0 Å². The number of hydrogen-bond acceptors (Lipinski definition) is 2. The van der Waals surface area contributed by atoms with Crippen LogP contribution in [-0.4, -0.2) is 4.98 Å². The van der Waals surface area contributed by atoms with Gasteiger partial charge in [-0.05, 0) is 24.9 Å². The average molecular weight is 137 g/mol. The SMILES string of the molecule is [2H]c1nc(C2CC2)c(N)c([2H])c1[2H]. The Labute approximate surface area is 64.3 Å². The molecular weight excluding hydrogens is 124 g/mol. The van der Waals surface area contributed by atoms with E-state index in [1.165, 1.54) is 0 Å². The number of nitrogen functional groups attached to an aromatic ring is 1. The lowest BCUT2D eigenvalue weighted by Gasteiger charge is -1.99. The summed E-state index contributed by atoms with van der Waals surface area (Å²) in [5.41, 5.74) is 6.57. The molecule has 1 fully saturated rings. The first-order chi connectivity index (χ1) is 6.11. The molecule has 2 rings (SSSR count). The van der Waals surface area contributed by atoms with Crippen molar-refractivity contribution in [2.75, 3.05) is 5.73 Å². The number of aromatic nitrogens is 1. The number of rotatable bonds is 1. The third kappa shape index (κ3) is 0.856. The normalized spacial score (nSPS) is 21.4. The minimum Gasteiger partial charge on any atom is -0.397 e. The van der Waals surface area contributed by atoms with E-state index >= 15 is 0 Å². The van der Waals surface area contributed by atoms with Crippen molar-refractivity contribution in [3.05, 3.63) is 24.0 Å². The van der Waals surface area contributed by atoms with Crippen molar-refractivity contribution in [1.82, 2.24) is 4.98 Å². The lowest BCUT2D eigenvalue weighted by atomic mass is 10.2. The fourth-order valence-electron chi connectivity index (χ4n) is 0.976. The Morgan fingerprint density at radius 1 is 1.70 bits per heavy atom. The van der Waals surface area contributed by atoms with E-state index in [1.54, 1.807) is 0 Å². The summed E-state index contributed by atoms with van der Waals surface area (Å²) < 4.78 is 22.1. The van der Waals surface area contributed by atoms with Crippen LogP contribution < -0.4 is 5.73 Å². The summed E-state index contributed by atoms with van der Waals surface area (Å²) in [6, 6.07) is -0.233. The van der Waals surface area contributed by atoms with Gasteiger partial charge in [-0.3, -0.25) is 4.98 Å². The van der Waals surface area contributed by atoms with Crippen molar-refractivity contribution >= 4 is 5.69 Å². The van der Waals surface area contributed by atoms with Gasteiger partial charge in [0.05, 0.1) is 15.5 Å². The molecule has 0 aliphatic heterocycles. The highest BCUT2D eigenvalue weighted by molar-refractivity contribution is 5.45. The summed E-state index contributed by atoms with van der Waals surface area (Å²) in [5, 5.41) is 0. The van der Waals surface area contributed by atoms with E-state index in [2.05, 4.69) is 4.98 Å². The number of hydrogen-bond donors (Lipinski definition) is 1. The average Bonchev–Trinajstić information content (AvgIpc) is 2.91. The monoisotopic (exact) mass is 137 g/mol. The Hall–Kier alpha value is -1.05. The largest absolute Gasteiger partial charge is 0.397 e. The van der Waals surface area contributed by atoms with Crippen molar-refractivity contribution in [2.24, 2.45) is 0 Å². The Morgan fingerprint density at radius 3 is 3.20 bits per heavy atom. The molecule has 0 aromatic carbocycles. The van der Waals surface area contributed by atoms with Crippen molar-refractivity contribution in [3.8, 4) is 0 Å². The maximum absolute atomic E-state index is 7.47. The van der Waals surface area contributed by atoms with E-state index < -0.39 is 0 Å². The zero-order chi connectivity index (χ0) is 9.59. The zero-order valence-corrected chi connectivity index (χ0v) is 5.52. The number of nitrogens with two attached hydrogens (primary N) is 1.